The van der Waals surface area contributed by atoms with E-state index in [1.807, 2.05) is 0 Å². The highest BCUT2D eigenvalue weighted by molar-refractivity contribution is 5.63. The Morgan fingerprint density at radius 1 is 0.667 bits per heavy atom. The third kappa shape index (κ3) is 2.59. The molecule has 0 unspecified atom stereocenters. The van der Waals surface area contributed by atoms with Crippen LogP contribution in [0.5, 0.6) is 0 Å². The van der Waals surface area contributed by atoms with Crippen molar-refractivity contribution in [2.75, 3.05) is 17.2 Å². The lowest BCUT2D eigenvalue weighted by molar-refractivity contribution is -0.288. The van der Waals surface area contributed by atoms with Crippen molar-refractivity contribution < 1.29 is 26.3 Å². The maximum atomic E-state index is 13.8. The number of nitrogen functional groups attached to an aromatic ring is 3. The van der Waals surface area contributed by atoms with Gasteiger partial charge in [0.15, 0.2) is 0 Å². The summed E-state index contributed by atoms with van der Waals surface area (Å²) >= 11 is 0. The second-order valence-corrected chi connectivity index (χ2v) is 5.22. The molecule has 0 heterocycles. The topological polar surface area (TPSA) is 78.1 Å². The molecule has 24 heavy (non-hydrogen) atoms. The lowest BCUT2D eigenvalue weighted by atomic mass is 9.72. The third-order valence-electron chi connectivity index (χ3n) is 3.63. The van der Waals surface area contributed by atoms with Crippen molar-refractivity contribution in [3.05, 3.63) is 53.6 Å². The predicted molar refractivity (Wildman–Crippen MR) is 79.0 cm³/mol. The number of rotatable bonds is 2. The fourth-order valence-electron chi connectivity index (χ4n) is 2.68. The minimum atomic E-state index is -5.74. The Labute approximate surface area is 133 Å². The molecule has 0 aliphatic carbocycles. The molecule has 2 aromatic rings. The zero-order valence-corrected chi connectivity index (χ0v) is 12.0. The van der Waals surface area contributed by atoms with Gasteiger partial charge in [0.1, 0.15) is 0 Å². The van der Waals surface area contributed by atoms with Crippen molar-refractivity contribution in [3.63, 3.8) is 0 Å². The first-order valence-electron chi connectivity index (χ1n) is 6.56. The number of nitrogens with two attached hydrogens (primary N) is 3. The van der Waals surface area contributed by atoms with E-state index < -0.39 is 34.6 Å². The molecule has 0 atom stereocenters. The van der Waals surface area contributed by atoms with Gasteiger partial charge in [-0.15, -0.1) is 0 Å². The molecule has 0 saturated carbocycles. The SMILES string of the molecule is Nc1cc(N)cc(C(c2ccccc2N)(C(F)(F)F)C(F)(F)F)c1. The summed E-state index contributed by atoms with van der Waals surface area (Å²) in [5.41, 5.74) is 8.36. The summed E-state index contributed by atoms with van der Waals surface area (Å²) < 4.78 is 83.0. The van der Waals surface area contributed by atoms with Gasteiger partial charge in [0.2, 0.25) is 5.41 Å². The van der Waals surface area contributed by atoms with E-state index in [4.69, 9.17) is 17.2 Å². The van der Waals surface area contributed by atoms with Crippen LogP contribution in [0, 0.1) is 0 Å². The van der Waals surface area contributed by atoms with E-state index in [1.54, 1.807) is 0 Å². The zero-order chi connectivity index (χ0) is 18.3. The van der Waals surface area contributed by atoms with Gasteiger partial charge in [-0.2, -0.15) is 26.3 Å². The zero-order valence-electron chi connectivity index (χ0n) is 12.0. The van der Waals surface area contributed by atoms with Gasteiger partial charge in [-0.25, -0.2) is 0 Å². The molecule has 6 N–H and O–H groups in total. The first-order valence-corrected chi connectivity index (χ1v) is 6.56. The molecule has 2 aromatic carbocycles. The summed E-state index contributed by atoms with van der Waals surface area (Å²) in [7, 11) is 0. The number of para-hydroxylation sites is 1. The largest absolute Gasteiger partial charge is 0.411 e. The van der Waals surface area contributed by atoms with Crippen LogP contribution in [0.2, 0.25) is 0 Å². The molecule has 3 nitrogen and oxygen atoms in total. The Hall–Kier alpha value is -2.58. The summed E-state index contributed by atoms with van der Waals surface area (Å²) in [6.45, 7) is 0. The molecule has 0 saturated heterocycles. The van der Waals surface area contributed by atoms with Gasteiger partial charge in [-0.05, 0) is 29.8 Å². The van der Waals surface area contributed by atoms with Gasteiger partial charge < -0.3 is 17.2 Å². The fourth-order valence-corrected chi connectivity index (χ4v) is 2.68. The monoisotopic (exact) mass is 349 g/mol. The van der Waals surface area contributed by atoms with Crippen molar-refractivity contribution in [3.8, 4) is 0 Å². The average Bonchev–Trinajstić information content (AvgIpc) is 2.37. The highest BCUT2D eigenvalue weighted by Crippen LogP contribution is 2.57. The highest BCUT2D eigenvalue weighted by atomic mass is 19.4. The van der Waals surface area contributed by atoms with Gasteiger partial charge in [0, 0.05) is 22.6 Å². The first-order chi connectivity index (χ1) is 10.9. The second-order valence-electron chi connectivity index (χ2n) is 5.22. The molecule has 2 rings (SSSR count). The summed E-state index contributed by atoms with van der Waals surface area (Å²) in [6.07, 6.45) is -11.5. The Morgan fingerprint density at radius 2 is 1.12 bits per heavy atom. The van der Waals surface area contributed by atoms with Crippen LogP contribution in [-0.4, -0.2) is 12.4 Å². The molecule has 130 valence electrons. The van der Waals surface area contributed by atoms with Gasteiger partial charge in [-0.3, -0.25) is 0 Å². The van der Waals surface area contributed by atoms with Crippen LogP contribution in [0.25, 0.3) is 0 Å². The van der Waals surface area contributed by atoms with E-state index in [2.05, 4.69) is 0 Å². The minimum Gasteiger partial charge on any atom is -0.399 e. The third-order valence-corrected chi connectivity index (χ3v) is 3.63. The van der Waals surface area contributed by atoms with Crippen LogP contribution in [-0.2, 0) is 5.41 Å². The molecule has 0 aliphatic heterocycles. The molecule has 0 radical (unpaired) electrons. The average molecular weight is 349 g/mol. The Kier molecular flexibility index (Phi) is 4.07. The van der Waals surface area contributed by atoms with E-state index in [0.29, 0.717) is 18.2 Å². The number of anilines is 3. The van der Waals surface area contributed by atoms with Gasteiger partial charge >= 0.3 is 12.4 Å². The van der Waals surface area contributed by atoms with Crippen LogP contribution in [0.4, 0.5) is 43.4 Å². The standard InChI is InChI=1S/C15H13F6N3/c16-14(17,18)13(15(19,20)21,11-3-1-2-4-12(11)24)8-5-9(22)7-10(23)6-8/h1-7H,22-24H2. The lowest BCUT2D eigenvalue weighted by Gasteiger charge is -2.39. The second kappa shape index (κ2) is 5.50. The molecular formula is C15H13F6N3. The summed E-state index contributed by atoms with van der Waals surface area (Å²) in [6, 6.07) is 6.22. The summed E-state index contributed by atoms with van der Waals surface area (Å²) in [5, 5.41) is 0. The van der Waals surface area contributed by atoms with Crippen molar-refractivity contribution in [1.29, 1.82) is 0 Å². The fraction of sp³-hybridized carbons (Fsp3) is 0.200. The van der Waals surface area contributed by atoms with Crippen LogP contribution in [0.15, 0.2) is 42.5 Å². The number of hydrogen-bond acceptors (Lipinski definition) is 3. The molecule has 0 bridgehead atoms. The highest BCUT2D eigenvalue weighted by Gasteiger charge is 2.73. The maximum Gasteiger partial charge on any atom is 0.411 e. The minimum absolute atomic E-state index is 0.322. The molecule has 0 fully saturated rings. The van der Waals surface area contributed by atoms with Gasteiger partial charge in [-0.1, -0.05) is 18.2 Å². The molecule has 0 spiro atoms. The number of halogens is 6. The van der Waals surface area contributed by atoms with E-state index in [9.17, 15) is 26.3 Å². The Bertz CT molecular complexity index is 717. The molecule has 0 amide bonds. The summed E-state index contributed by atoms with van der Waals surface area (Å²) in [4.78, 5) is 0. The quantitative estimate of drug-likeness (QED) is 0.569. The molecule has 0 aromatic heterocycles. The predicted octanol–water partition coefficient (Wildman–Crippen LogP) is 3.84. The normalized spacial score (nSPS) is 13.1. The van der Waals surface area contributed by atoms with Crippen molar-refractivity contribution in [2.24, 2.45) is 0 Å². The van der Waals surface area contributed by atoms with E-state index in [-0.39, 0.29) is 11.4 Å². The maximum absolute atomic E-state index is 13.8. The Balaban J connectivity index is 3.01. The van der Waals surface area contributed by atoms with Crippen LogP contribution in [0.3, 0.4) is 0 Å². The van der Waals surface area contributed by atoms with E-state index >= 15 is 0 Å². The van der Waals surface area contributed by atoms with E-state index in [0.717, 1.165) is 18.2 Å². The summed E-state index contributed by atoms with van der Waals surface area (Å²) in [5.74, 6) is 0. The van der Waals surface area contributed by atoms with E-state index in [1.165, 1.54) is 6.07 Å². The number of alkyl halides is 6. The van der Waals surface area contributed by atoms with Crippen LogP contribution < -0.4 is 17.2 Å². The number of benzene rings is 2. The Morgan fingerprint density at radius 3 is 1.54 bits per heavy atom. The van der Waals surface area contributed by atoms with Crippen molar-refractivity contribution >= 4 is 17.1 Å². The van der Waals surface area contributed by atoms with Gasteiger partial charge in [0.05, 0.1) is 0 Å². The van der Waals surface area contributed by atoms with Crippen molar-refractivity contribution in [1.82, 2.24) is 0 Å². The molecular weight excluding hydrogens is 336 g/mol. The van der Waals surface area contributed by atoms with Crippen LogP contribution in [0.1, 0.15) is 11.1 Å². The lowest BCUT2D eigenvalue weighted by Crippen LogP contribution is -2.55. The van der Waals surface area contributed by atoms with Gasteiger partial charge in [0.25, 0.3) is 0 Å². The molecule has 0 aliphatic rings. The number of hydrogen-bond donors (Lipinski definition) is 3. The first kappa shape index (κ1) is 17.8. The smallest absolute Gasteiger partial charge is 0.399 e. The van der Waals surface area contributed by atoms with Crippen molar-refractivity contribution in [2.45, 2.75) is 17.8 Å². The molecule has 9 heteroatoms. The van der Waals surface area contributed by atoms with Crippen LogP contribution >= 0.6 is 0 Å².